The van der Waals surface area contributed by atoms with E-state index >= 15 is 0 Å². The summed E-state index contributed by atoms with van der Waals surface area (Å²) in [6.45, 7) is 5.37. The molecule has 2 aromatic carbocycles. The maximum atomic E-state index is 12.5. The first-order valence-corrected chi connectivity index (χ1v) is 8.35. The summed E-state index contributed by atoms with van der Waals surface area (Å²) in [4.78, 5) is 24.9. The zero-order valence-corrected chi connectivity index (χ0v) is 15.8. The van der Waals surface area contributed by atoms with Gasteiger partial charge in [0.15, 0.2) is 17.3 Å². The van der Waals surface area contributed by atoms with Crippen LogP contribution in [0.25, 0.3) is 0 Å². The third-order valence-electron chi connectivity index (χ3n) is 4.29. The average molecular weight is 368 g/mol. The molecule has 2 aromatic rings. The van der Waals surface area contributed by atoms with Gasteiger partial charge in [-0.1, -0.05) is 0 Å². The number of hydrogen-bond donors (Lipinski definition) is 0. The second-order valence-electron chi connectivity index (χ2n) is 6.28. The van der Waals surface area contributed by atoms with E-state index in [1.165, 1.54) is 14.2 Å². The number of carbonyl (C=O) groups excluding carboxylic acids is 2. The summed E-state index contributed by atoms with van der Waals surface area (Å²) in [6.07, 6.45) is 0. The average Bonchev–Trinajstić information content (AvgIpc) is 3.01. The molecular weight excluding hydrogens is 348 g/mol. The van der Waals surface area contributed by atoms with Gasteiger partial charge in [0.1, 0.15) is 11.5 Å². The number of ether oxygens (including phenoxy) is 4. The van der Waals surface area contributed by atoms with Crippen molar-refractivity contribution < 1.29 is 28.5 Å². The molecule has 0 bridgehead atoms. The molecule has 3 rings (SSSR count). The summed E-state index contributed by atoms with van der Waals surface area (Å²) in [5, 5.41) is 0. The maximum Gasteiger partial charge on any atom is 0.343 e. The normalized spacial score (nSPS) is 12.3. The van der Waals surface area contributed by atoms with Crippen LogP contribution in [0.2, 0.25) is 0 Å². The number of methoxy groups -OCH3 is 2. The van der Waals surface area contributed by atoms with Crippen molar-refractivity contribution in [2.75, 3.05) is 14.2 Å². The van der Waals surface area contributed by atoms with E-state index in [0.29, 0.717) is 45.4 Å². The number of hydrogen-bond acceptors (Lipinski definition) is 6. The van der Waals surface area contributed by atoms with Crippen LogP contribution in [0.1, 0.15) is 40.1 Å². The summed E-state index contributed by atoms with van der Waals surface area (Å²) in [5.41, 5.74) is 2.16. The van der Waals surface area contributed by atoms with Crippen LogP contribution < -0.4 is 18.9 Å². The zero-order valence-electron chi connectivity index (χ0n) is 15.8. The molecule has 6 nitrogen and oxygen atoms in total. The van der Waals surface area contributed by atoms with Gasteiger partial charge in [0.25, 0.3) is 0 Å². The second-order valence-corrected chi connectivity index (χ2v) is 6.28. The predicted molar refractivity (Wildman–Crippen MR) is 99.0 cm³/mol. The molecule has 0 fully saturated rings. The van der Waals surface area contributed by atoms with Gasteiger partial charge in [-0.05, 0) is 56.7 Å². The quantitative estimate of drug-likeness (QED) is 0.460. The lowest BCUT2D eigenvalue weighted by Gasteiger charge is -2.12. The minimum atomic E-state index is -0.550. The highest BCUT2D eigenvalue weighted by molar-refractivity contribution is 6.13. The maximum absolute atomic E-state index is 12.5. The first-order chi connectivity index (χ1) is 12.9. The van der Waals surface area contributed by atoms with Crippen molar-refractivity contribution in [3.8, 4) is 23.0 Å². The van der Waals surface area contributed by atoms with Crippen LogP contribution in [0.4, 0.5) is 0 Å². The summed E-state index contributed by atoms with van der Waals surface area (Å²) in [7, 11) is 3.01. The molecule has 0 aliphatic carbocycles. The van der Waals surface area contributed by atoms with Crippen LogP contribution >= 0.6 is 0 Å². The number of esters is 1. The first-order valence-electron chi connectivity index (χ1n) is 8.35. The van der Waals surface area contributed by atoms with Crippen LogP contribution in [0, 0.1) is 6.92 Å². The molecule has 6 heteroatoms. The molecule has 27 heavy (non-hydrogen) atoms. The van der Waals surface area contributed by atoms with Crippen LogP contribution in [-0.4, -0.2) is 26.0 Å². The molecule has 0 saturated carbocycles. The Bertz CT molecular complexity index is 967. The predicted octanol–water partition coefficient (Wildman–Crippen LogP) is 4.10. The number of rotatable bonds is 4. The van der Waals surface area contributed by atoms with Gasteiger partial charge in [-0.2, -0.15) is 0 Å². The van der Waals surface area contributed by atoms with Gasteiger partial charge >= 0.3 is 5.97 Å². The van der Waals surface area contributed by atoms with Crippen molar-refractivity contribution in [3.05, 3.63) is 58.4 Å². The second kappa shape index (κ2) is 7.15. The Labute approximate surface area is 157 Å². The Kier molecular flexibility index (Phi) is 4.90. The fourth-order valence-electron chi connectivity index (χ4n) is 2.82. The van der Waals surface area contributed by atoms with E-state index < -0.39 is 5.97 Å². The largest absolute Gasteiger partial charge is 0.493 e. The van der Waals surface area contributed by atoms with Crippen molar-refractivity contribution in [2.24, 2.45) is 0 Å². The van der Waals surface area contributed by atoms with E-state index in [0.717, 1.165) is 5.57 Å². The van der Waals surface area contributed by atoms with E-state index in [9.17, 15) is 9.59 Å². The van der Waals surface area contributed by atoms with E-state index in [4.69, 9.17) is 18.9 Å². The minimum Gasteiger partial charge on any atom is -0.493 e. The smallest absolute Gasteiger partial charge is 0.343 e. The highest BCUT2D eigenvalue weighted by Crippen LogP contribution is 2.40. The SMILES string of the molecule is COc1ccc(C(=O)Oc2ccc3c(c2C)OC(=C(C)C)C3=O)cc1OC. The molecule has 0 N–H and O–H groups in total. The van der Waals surface area contributed by atoms with Crippen LogP contribution in [0.15, 0.2) is 41.7 Å². The molecule has 0 atom stereocenters. The first kappa shape index (κ1) is 18.5. The number of carbonyl (C=O) groups is 2. The summed E-state index contributed by atoms with van der Waals surface area (Å²) < 4.78 is 21.6. The lowest BCUT2D eigenvalue weighted by atomic mass is 10.1. The van der Waals surface area contributed by atoms with Crippen LogP contribution in [0.3, 0.4) is 0 Å². The molecular formula is C21H20O6. The number of allylic oxidation sites excluding steroid dienone is 2. The van der Waals surface area contributed by atoms with E-state index in [2.05, 4.69) is 0 Å². The van der Waals surface area contributed by atoms with Crippen molar-refractivity contribution in [1.82, 2.24) is 0 Å². The summed E-state index contributed by atoms with van der Waals surface area (Å²) in [5.74, 6) is 1.31. The van der Waals surface area contributed by atoms with Crippen molar-refractivity contribution in [2.45, 2.75) is 20.8 Å². The molecule has 1 heterocycles. The molecule has 0 radical (unpaired) electrons. The molecule has 0 aromatic heterocycles. The fraction of sp³-hybridized carbons (Fsp3) is 0.238. The number of fused-ring (bicyclic) bond motifs is 1. The van der Waals surface area contributed by atoms with Gasteiger partial charge in [-0.15, -0.1) is 0 Å². The summed E-state index contributed by atoms with van der Waals surface area (Å²) >= 11 is 0. The highest BCUT2D eigenvalue weighted by Gasteiger charge is 2.31. The Hall–Kier alpha value is -3.28. The molecule has 0 amide bonds. The third-order valence-corrected chi connectivity index (χ3v) is 4.29. The van der Waals surface area contributed by atoms with Crippen molar-refractivity contribution in [1.29, 1.82) is 0 Å². The third kappa shape index (κ3) is 3.26. The Morgan fingerprint density at radius 1 is 0.963 bits per heavy atom. The molecule has 1 aliphatic heterocycles. The van der Waals surface area contributed by atoms with E-state index in [1.54, 1.807) is 37.3 Å². The lowest BCUT2D eigenvalue weighted by Crippen LogP contribution is -2.10. The number of benzene rings is 2. The van der Waals surface area contributed by atoms with Crippen molar-refractivity contribution in [3.63, 3.8) is 0 Å². The molecule has 1 aliphatic rings. The van der Waals surface area contributed by atoms with Gasteiger partial charge < -0.3 is 18.9 Å². The zero-order chi connectivity index (χ0) is 19.7. The van der Waals surface area contributed by atoms with Gasteiger partial charge in [0, 0.05) is 5.56 Å². The Balaban J connectivity index is 1.90. The minimum absolute atomic E-state index is 0.161. The highest BCUT2D eigenvalue weighted by atomic mass is 16.5. The molecule has 0 saturated heterocycles. The fourth-order valence-corrected chi connectivity index (χ4v) is 2.82. The molecule has 140 valence electrons. The molecule has 0 unspecified atom stereocenters. The lowest BCUT2D eigenvalue weighted by molar-refractivity contribution is 0.0732. The van der Waals surface area contributed by atoms with E-state index in [-0.39, 0.29) is 5.78 Å². The topological polar surface area (TPSA) is 71.1 Å². The van der Waals surface area contributed by atoms with Gasteiger partial charge in [0.2, 0.25) is 5.78 Å². The standard InChI is InChI=1S/C21H20O6/c1-11(2)19-18(22)14-7-9-15(12(3)20(14)27-19)26-21(23)13-6-8-16(24-4)17(10-13)25-5/h6-10H,1-5H3. The Morgan fingerprint density at radius 3 is 2.26 bits per heavy atom. The van der Waals surface area contributed by atoms with Gasteiger partial charge in [0.05, 0.1) is 25.3 Å². The van der Waals surface area contributed by atoms with Gasteiger partial charge in [-0.3, -0.25) is 4.79 Å². The van der Waals surface area contributed by atoms with E-state index in [1.807, 2.05) is 13.8 Å². The van der Waals surface area contributed by atoms with Crippen LogP contribution in [0.5, 0.6) is 23.0 Å². The monoisotopic (exact) mass is 368 g/mol. The van der Waals surface area contributed by atoms with Crippen molar-refractivity contribution >= 4 is 11.8 Å². The van der Waals surface area contributed by atoms with Crippen LogP contribution in [-0.2, 0) is 0 Å². The van der Waals surface area contributed by atoms with Gasteiger partial charge in [-0.25, -0.2) is 4.79 Å². The Morgan fingerprint density at radius 2 is 1.63 bits per heavy atom. The number of ketones is 1. The summed E-state index contributed by atoms with van der Waals surface area (Å²) in [6, 6.07) is 7.98. The number of Topliss-reactive ketones (excluding diaryl/α,β-unsaturated/α-hetero) is 1. The molecule has 0 spiro atoms.